The van der Waals surface area contributed by atoms with Crippen molar-refractivity contribution < 1.29 is 13.9 Å². The third-order valence-corrected chi connectivity index (χ3v) is 5.87. The molecule has 0 aliphatic heterocycles. The average Bonchev–Trinajstić information content (AvgIpc) is 3.10. The molecule has 0 spiro atoms. The first-order valence-electron chi connectivity index (χ1n) is 9.12. The Kier molecular flexibility index (Phi) is 5.57. The van der Waals surface area contributed by atoms with Gasteiger partial charge in [0.05, 0.1) is 23.0 Å². The van der Waals surface area contributed by atoms with Crippen molar-refractivity contribution in [1.29, 1.82) is 0 Å². The minimum absolute atomic E-state index is 0.0431. The van der Waals surface area contributed by atoms with Gasteiger partial charge in [0.2, 0.25) is 0 Å². The molecule has 0 radical (unpaired) electrons. The maximum absolute atomic E-state index is 13.6. The third-order valence-electron chi connectivity index (χ3n) is 4.41. The Bertz CT molecular complexity index is 1300. The van der Waals surface area contributed by atoms with Crippen LogP contribution in [0.1, 0.15) is 16.6 Å². The molecule has 2 heterocycles. The van der Waals surface area contributed by atoms with Gasteiger partial charge < -0.3 is 10.1 Å². The van der Waals surface area contributed by atoms with E-state index in [0.717, 1.165) is 11.3 Å². The summed E-state index contributed by atoms with van der Waals surface area (Å²) in [4.78, 5) is 26.2. The molecule has 152 valence electrons. The summed E-state index contributed by atoms with van der Waals surface area (Å²) in [5.41, 5.74) is 1.44. The number of nitrogens with zero attached hydrogens (tertiary/aromatic N) is 1. The lowest BCUT2D eigenvalue weighted by molar-refractivity contribution is 0.0533. The minimum Gasteiger partial charge on any atom is -0.462 e. The molecule has 0 aliphatic rings. The summed E-state index contributed by atoms with van der Waals surface area (Å²) in [6.45, 7) is 1.93. The van der Waals surface area contributed by atoms with Gasteiger partial charge in [0.25, 0.3) is 5.56 Å². The molecular formula is C22H16ClFN2O3S. The van der Waals surface area contributed by atoms with Crippen LogP contribution >= 0.6 is 22.9 Å². The standard InChI is InChI=1S/C22H16ClFN2O3S/c1-2-29-22(28)20-19(25-13-8-10-17(24)16(23)12-13)15-9-11-18(27)26(21(15)30-20)14-6-4-3-5-7-14/h3-12,25H,2H2,1H3. The van der Waals surface area contributed by atoms with Crippen molar-refractivity contribution in [3.8, 4) is 5.69 Å². The Balaban J connectivity index is 1.95. The number of rotatable bonds is 5. The maximum atomic E-state index is 13.6. The maximum Gasteiger partial charge on any atom is 0.350 e. The topological polar surface area (TPSA) is 60.3 Å². The summed E-state index contributed by atoms with van der Waals surface area (Å²) in [5.74, 6) is -1.05. The van der Waals surface area contributed by atoms with E-state index in [-0.39, 0.29) is 17.2 Å². The van der Waals surface area contributed by atoms with Crippen molar-refractivity contribution >= 4 is 50.5 Å². The molecule has 2 aromatic heterocycles. The Morgan fingerprint density at radius 3 is 2.63 bits per heavy atom. The summed E-state index contributed by atoms with van der Waals surface area (Å²) in [6.07, 6.45) is 0. The number of fused-ring (bicyclic) bond motifs is 1. The van der Waals surface area contributed by atoms with Gasteiger partial charge in [-0.25, -0.2) is 9.18 Å². The lowest BCUT2D eigenvalue weighted by atomic mass is 10.2. The second kappa shape index (κ2) is 8.30. The molecule has 0 aliphatic carbocycles. The quantitative estimate of drug-likeness (QED) is 0.399. The predicted molar refractivity (Wildman–Crippen MR) is 118 cm³/mol. The first kappa shape index (κ1) is 20.1. The van der Waals surface area contributed by atoms with Gasteiger partial charge in [-0.2, -0.15) is 0 Å². The van der Waals surface area contributed by atoms with Crippen molar-refractivity contribution in [2.24, 2.45) is 0 Å². The van der Waals surface area contributed by atoms with E-state index in [2.05, 4.69) is 5.32 Å². The molecular weight excluding hydrogens is 427 g/mol. The van der Waals surface area contributed by atoms with E-state index < -0.39 is 11.8 Å². The normalized spacial score (nSPS) is 10.9. The van der Waals surface area contributed by atoms with Crippen LogP contribution in [0.25, 0.3) is 15.9 Å². The number of ether oxygens (including phenoxy) is 1. The molecule has 0 fully saturated rings. The van der Waals surface area contributed by atoms with E-state index >= 15 is 0 Å². The zero-order valence-electron chi connectivity index (χ0n) is 15.8. The molecule has 0 atom stereocenters. The van der Waals surface area contributed by atoms with Crippen LogP contribution in [0.3, 0.4) is 0 Å². The summed E-state index contributed by atoms with van der Waals surface area (Å²) in [5, 5.41) is 3.76. The molecule has 1 N–H and O–H groups in total. The second-order valence-corrected chi connectivity index (χ2v) is 7.75. The van der Waals surface area contributed by atoms with E-state index in [1.807, 2.05) is 30.3 Å². The fraction of sp³-hybridized carbons (Fsp3) is 0.0909. The van der Waals surface area contributed by atoms with Gasteiger partial charge in [-0.3, -0.25) is 9.36 Å². The summed E-state index contributed by atoms with van der Waals surface area (Å²) < 4.78 is 20.3. The number of esters is 1. The van der Waals surface area contributed by atoms with Crippen LogP contribution in [0.5, 0.6) is 0 Å². The van der Waals surface area contributed by atoms with Crippen LogP contribution in [0, 0.1) is 5.82 Å². The Labute approximate surface area is 180 Å². The number of hydrogen-bond acceptors (Lipinski definition) is 5. The highest BCUT2D eigenvalue weighted by molar-refractivity contribution is 7.21. The molecule has 0 unspecified atom stereocenters. The first-order chi connectivity index (χ1) is 14.5. The van der Waals surface area contributed by atoms with E-state index in [9.17, 15) is 14.0 Å². The van der Waals surface area contributed by atoms with Gasteiger partial charge in [-0.1, -0.05) is 29.8 Å². The van der Waals surface area contributed by atoms with Crippen LogP contribution in [0.4, 0.5) is 15.8 Å². The van der Waals surface area contributed by atoms with Crippen molar-refractivity contribution in [1.82, 2.24) is 4.57 Å². The molecule has 0 saturated heterocycles. The SMILES string of the molecule is CCOC(=O)c1sc2c(ccc(=O)n2-c2ccccc2)c1Nc1ccc(F)c(Cl)c1. The van der Waals surface area contributed by atoms with Gasteiger partial charge in [0, 0.05) is 17.1 Å². The number of halogens is 2. The summed E-state index contributed by atoms with van der Waals surface area (Å²) >= 11 is 7.05. The van der Waals surface area contributed by atoms with Crippen molar-refractivity contribution in [2.75, 3.05) is 11.9 Å². The number of thiophene rings is 1. The zero-order chi connectivity index (χ0) is 21.3. The van der Waals surface area contributed by atoms with E-state index in [0.29, 0.717) is 32.2 Å². The fourth-order valence-corrected chi connectivity index (χ4v) is 4.43. The highest BCUT2D eigenvalue weighted by atomic mass is 35.5. The second-order valence-electron chi connectivity index (χ2n) is 6.34. The molecule has 5 nitrogen and oxygen atoms in total. The van der Waals surface area contributed by atoms with Gasteiger partial charge in [-0.05, 0) is 43.3 Å². The van der Waals surface area contributed by atoms with E-state index in [4.69, 9.17) is 16.3 Å². The van der Waals surface area contributed by atoms with Gasteiger partial charge >= 0.3 is 5.97 Å². The highest BCUT2D eigenvalue weighted by Gasteiger charge is 2.23. The molecule has 0 bridgehead atoms. The minimum atomic E-state index is -0.541. The van der Waals surface area contributed by atoms with Gasteiger partial charge in [0.1, 0.15) is 15.5 Å². The number of anilines is 2. The number of hydrogen-bond donors (Lipinski definition) is 1. The average molecular weight is 443 g/mol. The molecule has 0 saturated carbocycles. The number of carbonyl (C=O) groups excluding carboxylic acids is 1. The number of carbonyl (C=O) groups is 1. The van der Waals surface area contributed by atoms with Gasteiger partial charge in [-0.15, -0.1) is 11.3 Å². The Morgan fingerprint density at radius 2 is 1.93 bits per heavy atom. The molecule has 4 rings (SSSR count). The molecule has 8 heteroatoms. The molecule has 30 heavy (non-hydrogen) atoms. The third kappa shape index (κ3) is 3.69. The molecule has 2 aromatic carbocycles. The zero-order valence-corrected chi connectivity index (χ0v) is 17.4. The van der Waals surface area contributed by atoms with Crippen LogP contribution in [-0.4, -0.2) is 17.1 Å². The van der Waals surface area contributed by atoms with Crippen molar-refractivity contribution in [2.45, 2.75) is 6.92 Å². The monoisotopic (exact) mass is 442 g/mol. The van der Waals surface area contributed by atoms with Crippen molar-refractivity contribution in [3.63, 3.8) is 0 Å². The highest BCUT2D eigenvalue weighted by Crippen LogP contribution is 2.38. The largest absolute Gasteiger partial charge is 0.462 e. The number of nitrogens with one attached hydrogen (secondary N) is 1. The van der Waals surface area contributed by atoms with E-state index in [1.54, 1.807) is 17.6 Å². The van der Waals surface area contributed by atoms with Crippen LogP contribution in [-0.2, 0) is 4.74 Å². The Hall–Kier alpha value is -3.16. The smallest absolute Gasteiger partial charge is 0.350 e. The fourth-order valence-electron chi connectivity index (χ4n) is 3.09. The summed E-state index contributed by atoms with van der Waals surface area (Å²) in [6, 6.07) is 16.5. The van der Waals surface area contributed by atoms with Crippen LogP contribution < -0.4 is 10.9 Å². The predicted octanol–water partition coefficient (Wildman–Crippen LogP) is 5.77. The molecule has 0 amide bonds. The number of para-hydroxylation sites is 1. The first-order valence-corrected chi connectivity index (χ1v) is 10.3. The number of aromatic nitrogens is 1. The van der Waals surface area contributed by atoms with Gasteiger partial charge in [0.15, 0.2) is 0 Å². The molecule has 4 aromatic rings. The summed E-state index contributed by atoms with van der Waals surface area (Å²) in [7, 11) is 0. The van der Waals surface area contributed by atoms with Crippen molar-refractivity contribution in [3.05, 3.63) is 86.7 Å². The number of benzene rings is 2. The lowest BCUT2D eigenvalue weighted by Gasteiger charge is -2.10. The Morgan fingerprint density at radius 1 is 1.17 bits per heavy atom. The lowest BCUT2D eigenvalue weighted by Crippen LogP contribution is -2.16. The number of pyridine rings is 1. The van der Waals surface area contributed by atoms with E-state index in [1.165, 1.54) is 24.3 Å². The van der Waals surface area contributed by atoms with Crippen LogP contribution in [0.2, 0.25) is 5.02 Å². The van der Waals surface area contributed by atoms with Crippen LogP contribution in [0.15, 0.2) is 65.5 Å².